The molecule has 0 saturated carbocycles. The number of phenolic OH excluding ortho intramolecular Hbond substituents is 3. The van der Waals surface area contributed by atoms with Gasteiger partial charge in [-0.2, -0.15) is 0 Å². The third-order valence-corrected chi connectivity index (χ3v) is 8.64. The number of nitrogens with two attached hydrogens (primary N) is 1. The third-order valence-electron chi connectivity index (χ3n) is 8.64. The number of ether oxygens (including phenoxy) is 3. The highest BCUT2D eigenvalue weighted by Gasteiger charge is 2.55. The lowest BCUT2D eigenvalue weighted by molar-refractivity contribution is -0.260. The fraction of sp³-hybridized carbons (Fsp3) is 0.483. The minimum absolute atomic E-state index is 0.00563. The average Bonchev–Trinajstić information content (AvgIpc) is 2.91. The van der Waals surface area contributed by atoms with Gasteiger partial charge in [0, 0.05) is 35.1 Å². The Balaban J connectivity index is 1.76. The number of carbonyl (C=O) groups is 3. The molecule has 5 rings (SSSR count). The van der Waals surface area contributed by atoms with Crippen molar-refractivity contribution in [3.05, 3.63) is 51.6 Å². The maximum absolute atomic E-state index is 13.6. The van der Waals surface area contributed by atoms with Crippen molar-refractivity contribution in [2.24, 2.45) is 5.73 Å². The first-order valence-electron chi connectivity index (χ1n) is 13.3. The highest BCUT2D eigenvalue weighted by Crippen LogP contribution is 2.57. The molecule has 12 heteroatoms. The molecule has 12 nitrogen and oxygen atoms in total. The van der Waals surface area contributed by atoms with Crippen LogP contribution in [0, 0.1) is 0 Å². The minimum atomic E-state index is -1.88. The molecule has 1 fully saturated rings. The molecule has 0 bridgehead atoms. The van der Waals surface area contributed by atoms with Gasteiger partial charge in [0.2, 0.25) is 5.78 Å². The van der Waals surface area contributed by atoms with Crippen LogP contribution in [0.4, 0.5) is 0 Å². The van der Waals surface area contributed by atoms with Crippen LogP contribution >= 0.6 is 0 Å². The molecule has 2 aromatic carbocycles. The van der Waals surface area contributed by atoms with Crippen molar-refractivity contribution < 1.29 is 54.1 Å². The molecule has 0 spiro atoms. The van der Waals surface area contributed by atoms with E-state index in [1.807, 2.05) is 0 Å². The smallest absolute Gasteiger partial charge is 0.316 e. The van der Waals surface area contributed by atoms with Gasteiger partial charge in [0.1, 0.15) is 23.2 Å². The van der Waals surface area contributed by atoms with Gasteiger partial charge in [-0.25, -0.2) is 0 Å². The summed E-state index contributed by atoms with van der Waals surface area (Å²) in [5, 5.41) is 55.8. The first kappa shape index (κ1) is 29.0. The van der Waals surface area contributed by atoms with Gasteiger partial charge in [-0.15, -0.1) is 0 Å². The summed E-state index contributed by atoms with van der Waals surface area (Å²) in [5.41, 5.74) is 1.05. The predicted octanol–water partition coefficient (Wildman–Crippen LogP) is 1.65. The minimum Gasteiger partial charge on any atom is -0.507 e. The number of ketones is 2. The Hall–Kier alpha value is -3.55. The molecule has 41 heavy (non-hydrogen) atoms. The number of fused-ring (bicyclic) bond motifs is 3. The van der Waals surface area contributed by atoms with Crippen LogP contribution < -0.4 is 5.73 Å². The Morgan fingerprint density at radius 1 is 1.07 bits per heavy atom. The lowest BCUT2D eigenvalue weighted by Crippen LogP contribution is -2.60. The van der Waals surface area contributed by atoms with E-state index in [4.69, 9.17) is 19.9 Å². The van der Waals surface area contributed by atoms with Gasteiger partial charge < -0.3 is 45.5 Å². The normalized spacial score (nSPS) is 32.6. The number of esters is 1. The van der Waals surface area contributed by atoms with Crippen molar-refractivity contribution in [3.63, 3.8) is 0 Å². The first-order chi connectivity index (χ1) is 19.2. The number of phenols is 3. The van der Waals surface area contributed by atoms with Crippen LogP contribution in [-0.4, -0.2) is 79.8 Å². The first-order valence-corrected chi connectivity index (χ1v) is 13.3. The number of rotatable bonds is 4. The number of aliphatic hydroxyl groups is 2. The van der Waals surface area contributed by atoms with E-state index in [9.17, 15) is 39.9 Å². The molecule has 0 unspecified atom stereocenters. The number of aromatic hydroxyl groups is 3. The lowest BCUT2D eigenvalue weighted by Gasteiger charge is -2.47. The molecule has 0 aromatic heterocycles. The van der Waals surface area contributed by atoms with Gasteiger partial charge in [0.15, 0.2) is 12.1 Å². The Labute approximate surface area is 235 Å². The summed E-state index contributed by atoms with van der Waals surface area (Å²) in [5.74, 6) is -6.35. The highest BCUT2D eigenvalue weighted by molar-refractivity contribution is 6.31. The Bertz CT molecular complexity index is 1470. The predicted molar refractivity (Wildman–Crippen MR) is 141 cm³/mol. The van der Waals surface area contributed by atoms with Crippen LogP contribution in [-0.2, 0) is 19.0 Å². The van der Waals surface area contributed by atoms with E-state index < -0.39 is 87.6 Å². The maximum atomic E-state index is 13.6. The van der Waals surface area contributed by atoms with Gasteiger partial charge in [-0.05, 0) is 26.3 Å². The average molecular weight is 572 g/mol. The number of hydrogen-bond acceptors (Lipinski definition) is 12. The van der Waals surface area contributed by atoms with Gasteiger partial charge in [0.05, 0.1) is 47.7 Å². The third kappa shape index (κ3) is 4.20. The Morgan fingerprint density at radius 2 is 1.71 bits per heavy atom. The molecule has 0 radical (unpaired) electrons. The number of carbonyl (C=O) groups excluding carboxylic acids is 3. The van der Waals surface area contributed by atoms with Crippen LogP contribution in [0.15, 0.2) is 18.2 Å². The summed E-state index contributed by atoms with van der Waals surface area (Å²) < 4.78 is 17.0. The van der Waals surface area contributed by atoms with E-state index in [1.54, 1.807) is 20.8 Å². The van der Waals surface area contributed by atoms with Crippen LogP contribution in [0.2, 0.25) is 0 Å². The van der Waals surface area contributed by atoms with Crippen LogP contribution in [0.1, 0.15) is 95.0 Å². The zero-order valence-electron chi connectivity index (χ0n) is 23.0. The number of aliphatic hydroxyl groups excluding tert-OH is 1. The van der Waals surface area contributed by atoms with Crippen LogP contribution in [0.5, 0.6) is 17.2 Å². The molecule has 1 saturated heterocycles. The SMILES string of the molecule is CC[C@@]1(O)C[C@H](O[C@H]2C[C@](C)(N)[C@@H](O)[C@H](C)O2)c2c(O)c3c(c(O)c2[C@H]1C(=O)OC)C(=O)c1cccc(O)c1C3=O. The van der Waals surface area contributed by atoms with E-state index in [2.05, 4.69) is 0 Å². The van der Waals surface area contributed by atoms with Crippen molar-refractivity contribution in [1.82, 2.24) is 0 Å². The molecule has 0 amide bonds. The van der Waals surface area contributed by atoms with Crippen molar-refractivity contribution >= 4 is 17.5 Å². The second kappa shape index (κ2) is 9.78. The molecule has 7 N–H and O–H groups in total. The molecular formula is C29H33NO11. The summed E-state index contributed by atoms with van der Waals surface area (Å²) in [6, 6.07) is 3.86. The van der Waals surface area contributed by atoms with E-state index in [-0.39, 0.29) is 41.5 Å². The zero-order chi connectivity index (χ0) is 30.2. The van der Waals surface area contributed by atoms with E-state index >= 15 is 0 Å². The summed E-state index contributed by atoms with van der Waals surface area (Å²) in [7, 11) is 1.09. The highest BCUT2D eigenvalue weighted by atomic mass is 16.7. The molecule has 2 aromatic rings. The van der Waals surface area contributed by atoms with E-state index in [0.29, 0.717) is 0 Å². The van der Waals surface area contributed by atoms with Gasteiger partial charge in [-0.1, -0.05) is 19.1 Å². The number of benzene rings is 2. The largest absolute Gasteiger partial charge is 0.507 e. The van der Waals surface area contributed by atoms with Gasteiger partial charge >= 0.3 is 5.97 Å². The molecule has 7 atom stereocenters. The Kier molecular flexibility index (Phi) is 6.91. The van der Waals surface area contributed by atoms with E-state index in [0.717, 1.165) is 7.11 Å². The number of methoxy groups -OCH3 is 1. The molecule has 1 aliphatic heterocycles. The maximum Gasteiger partial charge on any atom is 0.316 e. The van der Waals surface area contributed by atoms with E-state index in [1.165, 1.54) is 18.2 Å². The second-order valence-electron chi connectivity index (χ2n) is 11.3. The summed E-state index contributed by atoms with van der Waals surface area (Å²) in [4.78, 5) is 40.3. The summed E-state index contributed by atoms with van der Waals surface area (Å²) >= 11 is 0. The molecule has 3 aliphatic rings. The molecular weight excluding hydrogens is 538 g/mol. The molecule has 2 aliphatic carbocycles. The van der Waals surface area contributed by atoms with Gasteiger partial charge in [-0.3, -0.25) is 14.4 Å². The molecule has 220 valence electrons. The Morgan fingerprint density at radius 3 is 2.32 bits per heavy atom. The monoisotopic (exact) mass is 571 g/mol. The fourth-order valence-electron chi connectivity index (χ4n) is 6.42. The van der Waals surface area contributed by atoms with Crippen molar-refractivity contribution in [1.29, 1.82) is 0 Å². The van der Waals surface area contributed by atoms with Gasteiger partial charge in [0.25, 0.3) is 0 Å². The van der Waals surface area contributed by atoms with Crippen molar-refractivity contribution in [2.75, 3.05) is 7.11 Å². The molecule has 1 heterocycles. The van der Waals surface area contributed by atoms with Crippen molar-refractivity contribution in [3.8, 4) is 17.2 Å². The standard InChI is InChI=1S/C29H33NO11/c1-5-29(38)9-14(41-15-10-28(3,30)26(36)11(2)40-15)17-18(21(29)27(37)39-4)25(35)19-20(24(17)34)23(33)16-12(22(19)32)7-6-8-13(16)31/h6-8,11,14-15,21,26,31,34-36,38H,5,9-10,30H2,1-4H3/t11-,14-,15-,21-,26-,28-,29+/m0/s1. The summed E-state index contributed by atoms with van der Waals surface area (Å²) in [6.07, 6.45) is -4.42. The fourth-order valence-corrected chi connectivity index (χ4v) is 6.42. The topological polar surface area (TPSA) is 206 Å². The quantitative estimate of drug-likeness (QED) is 0.195. The zero-order valence-corrected chi connectivity index (χ0v) is 23.0. The number of hydrogen-bond donors (Lipinski definition) is 6. The van der Waals surface area contributed by atoms with Crippen LogP contribution in [0.25, 0.3) is 0 Å². The second-order valence-corrected chi connectivity index (χ2v) is 11.3. The lowest BCUT2D eigenvalue weighted by atomic mass is 9.66. The van der Waals surface area contributed by atoms with Crippen molar-refractivity contribution in [2.45, 2.75) is 81.7 Å². The summed E-state index contributed by atoms with van der Waals surface area (Å²) in [6.45, 7) is 4.82. The van der Waals surface area contributed by atoms with Crippen LogP contribution in [0.3, 0.4) is 0 Å².